The molecule has 31 N–H and O–H groups in total. The van der Waals surface area contributed by atoms with Gasteiger partial charge in [-0.05, 0) is 163 Å². The number of carboxylic acid groups (broad SMARTS) is 2. The zero-order valence-electron chi connectivity index (χ0n) is 75.8. The van der Waals surface area contributed by atoms with Gasteiger partial charge in [-0.1, -0.05) is 51.9 Å². The van der Waals surface area contributed by atoms with E-state index < -0.39 is 151 Å². The summed E-state index contributed by atoms with van der Waals surface area (Å²) in [6.07, 6.45) is 1.93. The number of aromatic carboxylic acids is 1. The van der Waals surface area contributed by atoms with Gasteiger partial charge in [0.05, 0.1) is 30.8 Å². The van der Waals surface area contributed by atoms with Gasteiger partial charge in [0.2, 0.25) is 76.9 Å². The fraction of sp³-hybridized carbons (Fsp3) is 0.547. The highest BCUT2D eigenvalue weighted by Gasteiger charge is 2.44. The van der Waals surface area contributed by atoms with Crippen LogP contribution in [0.15, 0.2) is 69.0 Å². The number of phenolic OH excluding ortho intramolecular Hbond substituents is 1. The smallest absolute Gasteiger partial charge is 0.336 e. The number of phenols is 1. The van der Waals surface area contributed by atoms with E-state index in [1.54, 1.807) is 57.7 Å². The van der Waals surface area contributed by atoms with Gasteiger partial charge in [0.1, 0.15) is 71.5 Å². The van der Waals surface area contributed by atoms with E-state index in [1.165, 1.54) is 48.2 Å². The maximum atomic E-state index is 14.9. The van der Waals surface area contributed by atoms with Crippen LogP contribution in [0.25, 0.3) is 33.4 Å². The van der Waals surface area contributed by atoms with E-state index in [4.69, 9.17) is 43.6 Å². The summed E-state index contributed by atoms with van der Waals surface area (Å²) >= 11 is 2.82. The number of primary amides is 1. The molecule has 0 saturated carbocycles. The van der Waals surface area contributed by atoms with E-state index in [-0.39, 0.29) is 232 Å². The van der Waals surface area contributed by atoms with Gasteiger partial charge in [0.25, 0.3) is 0 Å². The molecular formula is C86H125N27O20S2. The molecule has 0 radical (unpaired) electrons. The predicted molar refractivity (Wildman–Crippen MR) is 502 cm³/mol. The number of nitrogens with one attached hydrogen (secondary N) is 19. The fourth-order valence-electron chi connectivity index (χ4n) is 15.6. The number of carbonyl (C=O) groups is 14. The number of amides is 13. The van der Waals surface area contributed by atoms with Gasteiger partial charge < -0.3 is 138 Å². The summed E-state index contributed by atoms with van der Waals surface area (Å²) in [5, 5.41) is 107. The molecule has 49 heteroatoms. The van der Waals surface area contributed by atoms with Crippen LogP contribution in [0.4, 0.5) is 22.4 Å². The molecular weight excluding hydrogens is 1800 g/mol. The van der Waals surface area contributed by atoms with Crippen LogP contribution in [0.1, 0.15) is 167 Å². The minimum absolute atomic E-state index is 0.00102. The average Bonchev–Trinajstić information content (AvgIpc) is 1.52. The Morgan fingerprint density at radius 2 is 1.17 bits per heavy atom. The number of aromatic nitrogens is 3. The molecule has 135 heavy (non-hydrogen) atoms. The number of carboxylic acids is 2. The Hall–Kier alpha value is -13.6. The summed E-state index contributed by atoms with van der Waals surface area (Å²) in [6.45, 7) is 7.84. The summed E-state index contributed by atoms with van der Waals surface area (Å²) < 4.78 is 5.99. The lowest BCUT2D eigenvalue weighted by atomic mass is 9.90. The lowest BCUT2D eigenvalue weighted by molar-refractivity contribution is -0.142. The van der Waals surface area contributed by atoms with Crippen molar-refractivity contribution in [1.29, 1.82) is 16.2 Å². The lowest BCUT2D eigenvalue weighted by Crippen LogP contribution is -2.59. The van der Waals surface area contributed by atoms with Crippen LogP contribution in [0.2, 0.25) is 0 Å². The number of rotatable bonds is 56. The molecule has 4 aliphatic heterocycles. The van der Waals surface area contributed by atoms with Crippen molar-refractivity contribution in [2.75, 3.05) is 68.0 Å². The fourth-order valence-corrected chi connectivity index (χ4v) is 17.7. The van der Waals surface area contributed by atoms with Crippen LogP contribution in [-0.4, -0.2) is 270 Å². The number of aromatic hydroxyl groups is 1. The Balaban J connectivity index is 0.981. The number of hydrogen-bond donors (Lipinski definition) is 27. The van der Waals surface area contributed by atoms with Crippen LogP contribution in [0, 0.1) is 28.1 Å². The molecule has 5 heterocycles. The molecule has 5 aliphatic rings. The molecule has 12 atom stereocenters. The highest BCUT2D eigenvalue weighted by Crippen LogP contribution is 2.43. The summed E-state index contributed by atoms with van der Waals surface area (Å²) in [4.78, 5) is 220. The van der Waals surface area contributed by atoms with Crippen molar-refractivity contribution in [3.63, 3.8) is 0 Å². The molecule has 0 spiro atoms. The van der Waals surface area contributed by atoms with Crippen molar-refractivity contribution in [2.45, 2.75) is 233 Å². The largest absolute Gasteiger partial charge is 0.508 e. The Bertz CT molecular complexity index is 5110. The third-order valence-electron chi connectivity index (χ3n) is 22.2. The summed E-state index contributed by atoms with van der Waals surface area (Å²) in [6, 6.07) is 0.252. The average molecular weight is 1920 g/mol. The van der Waals surface area contributed by atoms with Crippen LogP contribution in [-0.2, 0) is 57.5 Å². The second-order valence-electron chi connectivity index (χ2n) is 33.9. The number of unbranched alkanes of at least 4 members (excludes halogenated alkanes) is 2. The Morgan fingerprint density at radius 1 is 0.585 bits per heavy atom. The topological polar surface area (TPSA) is 760 Å². The number of urea groups is 1. The van der Waals surface area contributed by atoms with Gasteiger partial charge in [0.15, 0.2) is 28.5 Å². The number of likely N-dealkylation sites (tertiary alicyclic amines) is 1. The Morgan fingerprint density at radius 3 is 1.80 bits per heavy atom. The van der Waals surface area contributed by atoms with Gasteiger partial charge in [-0.2, -0.15) is 26.7 Å². The molecule has 13 amide bonds. The number of guanidine groups is 3. The molecule has 3 aromatic rings. The third kappa shape index (κ3) is 34.1. The van der Waals surface area contributed by atoms with Crippen molar-refractivity contribution in [1.82, 2.24) is 94.3 Å². The summed E-state index contributed by atoms with van der Waals surface area (Å²) in [5.41, 5.74) is 22.8. The van der Waals surface area contributed by atoms with E-state index in [2.05, 4.69) is 100 Å². The van der Waals surface area contributed by atoms with E-state index >= 15 is 0 Å². The molecule has 0 bridgehead atoms. The van der Waals surface area contributed by atoms with Gasteiger partial charge in [0, 0.05) is 96.7 Å². The third-order valence-corrected chi connectivity index (χ3v) is 24.5. The number of hydrogen-bond acceptors (Lipinski definition) is 28. The Labute approximate surface area is 786 Å². The molecule has 736 valence electrons. The molecule has 1 aliphatic carbocycles. The normalized spacial score (nSPS) is 16.7. The second kappa shape index (κ2) is 52.7. The highest BCUT2D eigenvalue weighted by atomic mass is 32.2. The number of benzene rings is 3. The highest BCUT2D eigenvalue weighted by molar-refractivity contribution is 8.00. The first-order chi connectivity index (χ1) is 64.2. The number of aliphatic hydroxyl groups excluding tert-OH is 1. The number of thioether (sulfide) groups is 2. The molecule has 3 saturated heterocycles. The van der Waals surface area contributed by atoms with Crippen molar-refractivity contribution < 1.29 is 92.0 Å². The minimum atomic E-state index is -1.65. The number of aliphatic carboxylic acids is 1. The van der Waals surface area contributed by atoms with Crippen LogP contribution in [0.3, 0.4) is 0 Å². The molecule has 8 rings (SSSR count). The zero-order valence-corrected chi connectivity index (χ0v) is 77.4. The van der Waals surface area contributed by atoms with E-state index in [9.17, 15) is 92.3 Å². The number of nitrogens with zero attached hydrogens (tertiary/aromatic N) is 4. The SMILES string of the molecule is CC(C)C[C@H](NC(=O)CNC(=O)[C@H](CC(C)C)NC(=O)C1CCCN1C(=O)[C@H](CCCNC(=N)N)NC(=O)CCCCC1SCC2NC(=O)NC21)C(=O)NC(CCCCNc1nc(Nc2ccc(-c3c4ccc(=O)cc-4oc4cc(O)ccc34)c(C(=O)O)c2)nc(SCCO)n1)C(=O)N[C@@H](C)C(=O)N[C@H](CCCNC(=N)N)C(=O)N[C@@H](CCC(=O)O)C(=O)N[C@H](CCCNC(=N)N)C(N)=O. The van der Waals surface area contributed by atoms with E-state index in [0.717, 1.165) is 23.9 Å². The first-order valence-corrected chi connectivity index (χ1v) is 46.8. The molecule has 3 fully saturated rings. The van der Waals surface area contributed by atoms with E-state index in [0.29, 0.717) is 42.2 Å². The predicted octanol–water partition coefficient (Wildman–Crippen LogP) is -0.473. The number of nitrogens with two attached hydrogens (primary N) is 4. The number of anilines is 3. The van der Waals surface area contributed by atoms with Crippen LogP contribution >= 0.6 is 23.5 Å². The lowest BCUT2D eigenvalue weighted by Gasteiger charge is -2.30. The van der Waals surface area contributed by atoms with Crippen molar-refractivity contribution >= 4 is 153 Å². The maximum absolute atomic E-state index is 14.9. The molecule has 1 aromatic heterocycles. The van der Waals surface area contributed by atoms with Gasteiger partial charge in [-0.15, -0.1) is 0 Å². The zero-order chi connectivity index (χ0) is 98.7. The minimum Gasteiger partial charge on any atom is -0.508 e. The summed E-state index contributed by atoms with van der Waals surface area (Å²) in [5.74, 6) is -12.6. The van der Waals surface area contributed by atoms with Crippen molar-refractivity contribution in [3.05, 3.63) is 70.4 Å². The number of carbonyl (C=O) groups excluding carboxylic acids is 12. The monoisotopic (exact) mass is 1920 g/mol. The molecule has 47 nitrogen and oxygen atoms in total. The summed E-state index contributed by atoms with van der Waals surface area (Å²) in [7, 11) is 0. The Kier molecular flexibility index (Phi) is 41.7. The first kappa shape index (κ1) is 107. The molecule has 5 unspecified atom stereocenters. The molecule has 2 aromatic carbocycles. The van der Waals surface area contributed by atoms with Gasteiger partial charge in [-0.25, -0.2) is 9.59 Å². The second-order valence-corrected chi connectivity index (χ2v) is 36.2. The van der Waals surface area contributed by atoms with Crippen molar-refractivity contribution in [2.24, 2.45) is 34.8 Å². The number of aliphatic hydroxyl groups is 1. The van der Waals surface area contributed by atoms with E-state index in [1.807, 2.05) is 0 Å². The van der Waals surface area contributed by atoms with Gasteiger partial charge in [-0.3, -0.25) is 78.6 Å². The number of fused-ring (bicyclic) bond motifs is 3. The van der Waals surface area contributed by atoms with Gasteiger partial charge >= 0.3 is 18.0 Å². The van der Waals surface area contributed by atoms with Crippen molar-refractivity contribution in [3.8, 4) is 28.2 Å². The van der Waals surface area contributed by atoms with Crippen LogP contribution < -0.4 is 113 Å². The first-order valence-electron chi connectivity index (χ1n) is 44.7. The standard InChI is InChI=1S/C86H125N27O20S2/c1-43(2)36-58(107-77(128)61-18-13-33-113(61)78(129)57(17-12-32-96-82(92)93)101-65(117)20-7-6-19-64-69-60(42-135-64)108-85(132)109-69)72(123)98-41-66(118)102-59(37-44(3)4)76(127)105-54(73(124)99-45(5)71(122)104-55(16-11-31-95-81(90)91)74(125)106-56(27-28-67(119)120)75(126)103-53(70(87)121)15-10-30-94-80(88)89)14-8-9-29-97-83-110-84(112-86(111-83)134-35-34-114)100-46-21-24-49(52(38-46)79(130)131)68-50-25-22-47(115)39-62(50)133-63-40-48(116)23-26-51(63)68/h21-26,38-40,43-45,53-61,64,69,114-115H,6-20,27-37,41-42H2,1-5H3,(H2,87,121)(H,98,123)(H,99,124)(H,101,117)(H,102,118)(H,103,126)(H,104,122)(H,105,127)(H,106,125)(H,107,128)(H,119,120)(H,130,131)(H4,88,89,94)(H4,90,91,95)(H4,92,93,96)(H2,108,109,132)(H2,97,100,110,111,112)/t45-,53+,54?,55+,56-,57-,58-,59-,60?,61?,64?,69?/m0/s1. The van der Waals surface area contributed by atoms with Crippen LogP contribution in [0.5, 0.6) is 5.75 Å². The quantitative estimate of drug-likeness (QED) is 0.00584. The maximum Gasteiger partial charge on any atom is 0.336 e.